The normalized spacial score (nSPS) is 15.7. The van der Waals surface area contributed by atoms with E-state index in [0.717, 1.165) is 5.56 Å². The molecule has 2 atom stereocenters. The minimum atomic E-state index is -4.09. The summed E-state index contributed by atoms with van der Waals surface area (Å²) in [6, 6.07) is 19.3. The molecule has 5 rings (SSSR count). The van der Waals surface area contributed by atoms with Gasteiger partial charge < -0.3 is 24.1 Å². The molecule has 3 aromatic carbocycles. The van der Waals surface area contributed by atoms with Gasteiger partial charge in [-0.15, -0.1) is 0 Å². The Hall–Kier alpha value is -5.01. The molecule has 13 heteroatoms. The first-order chi connectivity index (χ1) is 23.2. The second-order valence-electron chi connectivity index (χ2n) is 11.2. The van der Waals surface area contributed by atoms with E-state index in [1.165, 1.54) is 16.7 Å². The Kier molecular flexibility index (Phi) is 11.2. The third-order valence-electron chi connectivity index (χ3n) is 8.04. The highest BCUT2D eigenvalue weighted by molar-refractivity contribution is 7.89. The van der Waals surface area contributed by atoms with Crippen molar-refractivity contribution in [2.75, 3.05) is 27.4 Å². The summed E-state index contributed by atoms with van der Waals surface area (Å²) in [6.45, 7) is -0.373. The van der Waals surface area contributed by atoms with Gasteiger partial charge in [0.15, 0.2) is 18.1 Å². The highest BCUT2D eigenvalue weighted by Gasteiger charge is 2.39. The van der Waals surface area contributed by atoms with Crippen LogP contribution in [0.3, 0.4) is 0 Å². The van der Waals surface area contributed by atoms with E-state index < -0.39 is 40.7 Å². The standard InChI is InChI=1S/C35H37N3O9S/c1-44-32-15-13-24(19-33(32)45-2)12-14-31(26-8-5-9-27(20-26)46-22-34(39)40)47-35(41)30-11-3-4-18-38(30)48(42,43)28-10-6-7-25(21-28)29-16-17-36-23-37-29/h5-10,13,15-17,19-21,23,30-31H,3-4,11-12,14,18,22H2,1-2H3,(H,39,40)/t30?,31-/m1/s1. The fourth-order valence-electron chi connectivity index (χ4n) is 5.64. The smallest absolute Gasteiger partial charge is 0.341 e. The first-order valence-electron chi connectivity index (χ1n) is 15.4. The molecular formula is C35H37N3O9S. The maximum absolute atomic E-state index is 14.0. The van der Waals surface area contributed by atoms with Crippen LogP contribution in [-0.2, 0) is 30.8 Å². The van der Waals surface area contributed by atoms with Crippen molar-refractivity contribution in [3.8, 4) is 28.5 Å². The number of hydrogen-bond acceptors (Lipinski definition) is 10. The number of aryl methyl sites for hydroxylation is 1. The zero-order valence-corrected chi connectivity index (χ0v) is 27.5. The molecule has 0 bridgehead atoms. The van der Waals surface area contributed by atoms with Crippen LogP contribution < -0.4 is 14.2 Å². The molecule has 0 spiro atoms. The summed E-state index contributed by atoms with van der Waals surface area (Å²) in [6.07, 6.45) is 4.53. The van der Waals surface area contributed by atoms with E-state index in [2.05, 4.69) is 9.97 Å². The number of ether oxygens (including phenoxy) is 4. The van der Waals surface area contributed by atoms with Gasteiger partial charge in [0.2, 0.25) is 10.0 Å². The van der Waals surface area contributed by atoms with Gasteiger partial charge in [-0.05, 0) is 85.7 Å². The number of aliphatic carboxylic acids is 1. The predicted octanol–water partition coefficient (Wildman–Crippen LogP) is 5.08. The molecule has 1 aromatic heterocycles. The van der Waals surface area contributed by atoms with E-state index in [9.17, 15) is 18.0 Å². The average Bonchev–Trinajstić information content (AvgIpc) is 3.12. The van der Waals surface area contributed by atoms with Crippen molar-refractivity contribution in [3.63, 3.8) is 0 Å². The van der Waals surface area contributed by atoms with Crippen molar-refractivity contribution in [1.82, 2.24) is 14.3 Å². The number of methoxy groups -OCH3 is 2. The number of carbonyl (C=O) groups excluding carboxylic acids is 1. The Balaban J connectivity index is 1.41. The SMILES string of the molecule is COc1ccc(CC[C@@H](OC(=O)C2CCCCN2S(=O)(=O)c2cccc(-c3ccncn3)c2)c2cccc(OCC(=O)O)c2)cc1OC. The van der Waals surface area contributed by atoms with Crippen molar-refractivity contribution in [2.45, 2.75) is 49.1 Å². The molecule has 1 fully saturated rings. The molecule has 1 unspecified atom stereocenters. The van der Waals surface area contributed by atoms with Crippen molar-refractivity contribution in [2.24, 2.45) is 0 Å². The summed E-state index contributed by atoms with van der Waals surface area (Å²) in [4.78, 5) is 33.3. The van der Waals surface area contributed by atoms with Crippen molar-refractivity contribution >= 4 is 22.0 Å². The maximum atomic E-state index is 14.0. The summed E-state index contributed by atoms with van der Waals surface area (Å²) in [7, 11) is -0.993. The summed E-state index contributed by atoms with van der Waals surface area (Å²) >= 11 is 0. The van der Waals surface area contributed by atoms with Crippen LogP contribution in [0.1, 0.15) is 42.9 Å². The summed E-state index contributed by atoms with van der Waals surface area (Å²) in [5.74, 6) is -0.363. The number of carbonyl (C=O) groups is 2. The Bertz CT molecular complexity index is 1840. The van der Waals surface area contributed by atoms with E-state index in [1.807, 2.05) is 12.1 Å². The number of piperidine rings is 1. The number of carboxylic acids is 1. The number of aromatic nitrogens is 2. The molecule has 4 aromatic rings. The molecule has 0 amide bonds. The van der Waals surface area contributed by atoms with E-state index in [4.69, 9.17) is 24.1 Å². The third kappa shape index (κ3) is 8.28. The maximum Gasteiger partial charge on any atom is 0.341 e. The predicted molar refractivity (Wildman–Crippen MR) is 175 cm³/mol. The topological polar surface area (TPSA) is 154 Å². The van der Waals surface area contributed by atoms with Gasteiger partial charge >= 0.3 is 11.9 Å². The lowest BCUT2D eigenvalue weighted by Crippen LogP contribution is -2.48. The van der Waals surface area contributed by atoms with E-state index in [1.54, 1.807) is 75.0 Å². The van der Waals surface area contributed by atoms with E-state index >= 15 is 0 Å². The van der Waals surface area contributed by atoms with E-state index in [0.29, 0.717) is 66.2 Å². The molecule has 0 saturated carbocycles. The molecule has 1 N–H and O–H groups in total. The lowest BCUT2D eigenvalue weighted by atomic mass is 10.00. The number of benzene rings is 3. The van der Waals surface area contributed by atoms with Gasteiger partial charge in [-0.2, -0.15) is 4.31 Å². The molecule has 48 heavy (non-hydrogen) atoms. The third-order valence-corrected chi connectivity index (χ3v) is 9.94. The van der Waals surface area contributed by atoms with Crippen LogP contribution in [0.4, 0.5) is 0 Å². The molecule has 0 radical (unpaired) electrons. The van der Waals surface area contributed by atoms with Crippen LogP contribution >= 0.6 is 0 Å². The van der Waals surface area contributed by atoms with Gasteiger partial charge in [0.25, 0.3) is 0 Å². The molecule has 1 aliphatic heterocycles. The number of carboxylic acid groups (broad SMARTS) is 1. The highest BCUT2D eigenvalue weighted by Crippen LogP contribution is 2.33. The van der Waals surface area contributed by atoms with Crippen LogP contribution in [0.15, 0.2) is 90.2 Å². The van der Waals surface area contributed by atoms with Gasteiger partial charge in [0.05, 0.1) is 24.8 Å². The van der Waals surface area contributed by atoms with Crippen molar-refractivity contribution in [1.29, 1.82) is 0 Å². The van der Waals surface area contributed by atoms with Crippen LogP contribution in [0, 0.1) is 0 Å². The minimum absolute atomic E-state index is 0.0478. The number of rotatable bonds is 14. The van der Waals surface area contributed by atoms with Gasteiger partial charge in [-0.3, -0.25) is 4.79 Å². The monoisotopic (exact) mass is 675 g/mol. The minimum Gasteiger partial charge on any atom is -0.493 e. The number of hydrogen-bond donors (Lipinski definition) is 1. The lowest BCUT2D eigenvalue weighted by Gasteiger charge is -2.34. The molecule has 1 saturated heterocycles. The quantitative estimate of drug-likeness (QED) is 0.178. The number of sulfonamides is 1. The summed E-state index contributed by atoms with van der Waals surface area (Å²) in [5, 5.41) is 9.08. The van der Waals surface area contributed by atoms with Gasteiger partial charge in [-0.1, -0.05) is 30.3 Å². The van der Waals surface area contributed by atoms with Crippen LogP contribution in [0.2, 0.25) is 0 Å². The first kappa shape index (κ1) is 34.3. The second-order valence-corrected chi connectivity index (χ2v) is 13.0. The fraction of sp³-hybridized carbons (Fsp3) is 0.314. The highest BCUT2D eigenvalue weighted by atomic mass is 32.2. The van der Waals surface area contributed by atoms with Crippen LogP contribution in [-0.4, -0.2) is 73.1 Å². The number of esters is 1. The van der Waals surface area contributed by atoms with Gasteiger partial charge in [0, 0.05) is 18.3 Å². The largest absolute Gasteiger partial charge is 0.493 e. The Labute approximate surface area is 279 Å². The van der Waals surface area contributed by atoms with Crippen molar-refractivity contribution in [3.05, 3.63) is 96.4 Å². The van der Waals surface area contributed by atoms with E-state index in [-0.39, 0.29) is 11.4 Å². The van der Waals surface area contributed by atoms with Crippen molar-refractivity contribution < 1.29 is 42.1 Å². The first-order valence-corrected chi connectivity index (χ1v) is 16.9. The lowest BCUT2D eigenvalue weighted by molar-refractivity contribution is -0.155. The van der Waals surface area contributed by atoms with Crippen LogP contribution in [0.25, 0.3) is 11.3 Å². The Morgan fingerprint density at radius 3 is 2.54 bits per heavy atom. The van der Waals surface area contributed by atoms with Gasteiger partial charge in [0.1, 0.15) is 24.2 Å². The fourth-order valence-corrected chi connectivity index (χ4v) is 7.33. The molecule has 1 aliphatic rings. The average molecular weight is 676 g/mol. The van der Waals surface area contributed by atoms with Crippen LogP contribution in [0.5, 0.6) is 17.2 Å². The molecule has 252 valence electrons. The zero-order chi connectivity index (χ0) is 34.1. The summed E-state index contributed by atoms with van der Waals surface area (Å²) in [5.41, 5.74) is 2.66. The Morgan fingerprint density at radius 1 is 0.979 bits per heavy atom. The zero-order valence-electron chi connectivity index (χ0n) is 26.7. The number of nitrogens with zero attached hydrogens (tertiary/aromatic N) is 3. The summed E-state index contributed by atoms with van der Waals surface area (Å²) < 4.78 is 51.6. The second kappa shape index (κ2) is 15.7. The molecule has 2 heterocycles. The molecule has 12 nitrogen and oxygen atoms in total. The molecule has 0 aliphatic carbocycles. The molecular weight excluding hydrogens is 638 g/mol. The Morgan fingerprint density at radius 2 is 1.79 bits per heavy atom. The van der Waals surface area contributed by atoms with Gasteiger partial charge in [-0.25, -0.2) is 23.2 Å².